The van der Waals surface area contributed by atoms with Gasteiger partial charge in [0.15, 0.2) is 0 Å². The molecular formula is C20H18N2O3S. The largest absolute Gasteiger partial charge is 0.459 e. The normalized spacial score (nSPS) is 10.5. The Morgan fingerprint density at radius 1 is 1.04 bits per heavy atom. The number of hydrogen-bond acceptors (Lipinski definition) is 5. The number of benzene rings is 2. The number of nitrogens with zero attached hydrogens (tertiary/aromatic N) is 2. The number of ether oxygens (including phenoxy) is 1. The lowest BCUT2D eigenvalue weighted by atomic mass is 10.1. The summed E-state index contributed by atoms with van der Waals surface area (Å²) in [6, 6.07) is 20.3. The van der Waals surface area contributed by atoms with Crippen LogP contribution in [-0.4, -0.2) is 22.0 Å². The average molecular weight is 366 g/mol. The monoisotopic (exact) mass is 366 g/mol. The molecule has 5 nitrogen and oxygen atoms in total. The van der Waals surface area contributed by atoms with Gasteiger partial charge in [-0.2, -0.15) is 5.10 Å². The average Bonchev–Trinajstić information content (AvgIpc) is 2.69. The molecule has 0 amide bonds. The third kappa shape index (κ3) is 4.61. The first-order chi connectivity index (χ1) is 12.7. The lowest BCUT2D eigenvalue weighted by Gasteiger charge is -2.08. The predicted molar refractivity (Wildman–Crippen MR) is 102 cm³/mol. The van der Waals surface area contributed by atoms with Gasteiger partial charge in [0.1, 0.15) is 13.2 Å². The smallest absolute Gasteiger partial charge is 0.328 e. The summed E-state index contributed by atoms with van der Waals surface area (Å²) in [5, 5.41) is 4.29. The Hall–Kier alpha value is -2.86. The second-order valence-electron chi connectivity index (χ2n) is 5.59. The van der Waals surface area contributed by atoms with Gasteiger partial charge in [-0.25, -0.2) is 4.68 Å². The number of thioether (sulfide) groups is 1. The van der Waals surface area contributed by atoms with E-state index < -0.39 is 5.97 Å². The third-order valence-corrected chi connectivity index (χ3v) is 4.52. The van der Waals surface area contributed by atoms with Gasteiger partial charge in [-0.05, 0) is 30.0 Å². The molecule has 0 aliphatic carbocycles. The molecule has 3 aromatic rings. The summed E-state index contributed by atoms with van der Waals surface area (Å²) < 4.78 is 6.35. The van der Waals surface area contributed by atoms with Crippen LogP contribution in [0.5, 0.6) is 0 Å². The number of aromatic nitrogens is 2. The highest BCUT2D eigenvalue weighted by molar-refractivity contribution is 7.98. The maximum atomic E-state index is 12.0. The fourth-order valence-electron chi connectivity index (χ4n) is 2.38. The predicted octanol–water partition coefficient (Wildman–Crippen LogP) is 3.38. The van der Waals surface area contributed by atoms with E-state index in [-0.39, 0.29) is 18.7 Å². The first-order valence-electron chi connectivity index (χ1n) is 8.08. The van der Waals surface area contributed by atoms with E-state index in [1.807, 2.05) is 60.9 Å². The van der Waals surface area contributed by atoms with E-state index in [1.165, 1.54) is 6.07 Å². The summed E-state index contributed by atoms with van der Waals surface area (Å²) in [5.74, 6) is -0.502. The summed E-state index contributed by atoms with van der Waals surface area (Å²) in [5.41, 5.74) is 2.07. The van der Waals surface area contributed by atoms with Gasteiger partial charge in [0.05, 0.1) is 5.69 Å². The third-order valence-electron chi connectivity index (χ3n) is 3.77. The van der Waals surface area contributed by atoms with Crippen LogP contribution >= 0.6 is 11.8 Å². The van der Waals surface area contributed by atoms with E-state index in [9.17, 15) is 9.59 Å². The molecule has 26 heavy (non-hydrogen) atoms. The van der Waals surface area contributed by atoms with Crippen LogP contribution in [0.2, 0.25) is 0 Å². The number of carbonyl (C=O) groups is 1. The van der Waals surface area contributed by atoms with E-state index in [1.54, 1.807) is 17.8 Å². The number of hydrogen-bond donors (Lipinski definition) is 0. The van der Waals surface area contributed by atoms with Crippen molar-refractivity contribution in [1.82, 2.24) is 9.78 Å². The Bertz CT molecular complexity index is 937. The molecular weight excluding hydrogens is 348 g/mol. The van der Waals surface area contributed by atoms with Crippen LogP contribution in [0.25, 0.3) is 11.3 Å². The highest BCUT2D eigenvalue weighted by Gasteiger charge is 2.09. The van der Waals surface area contributed by atoms with Crippen LogP contribution in [0.3, 0.4) is 0 Å². The molecule has 0 spiro atoms. The number of carbonyl (C=O) groups excluding carboxylic acids is 1. The second-order valence-corrected chi connectivity index (χ2v) is 6.47. The van der Waals surface area contributed by atoms with Gasteiger partial charge in [0.2, 0.25) is 0 Å². The van der Waals surface area contributed by atoms with E-state index >= 15 is 0 Å². The minimum atomic E-state index is -0.502. The van der Waals surface area contributed by atoms with Gasteiger partial charge < -0.3 is 4.74 Å². The molecule has 0 radical (unpaired) electrons. The molecule has 1 aromatic heterocycles. The van der Waals surface area contributed by atoms with E-state index in [0.29, 0.717) is 5.69 Å². The molecule has 0 atom stereocenters. The molecule has 0 bridgehead atoms. The second kappa shape index (κ2) is 8.49. The Balaban J connectivity index is 1.71. The molecule has 3 rings (SSSR count). The lowest BCUT2D eigenvalue weighted by Crippen LogP contribution is -2.27. The van der Waals surface area contributed by atoms with Gasteiger partial charge in [-0.1, -0.05) is 42.5 Å². The van der Waals surface area contributed by atoms with Gasteiger partial charge >= 0.3 is 5.97 Å². The van der Waals surface area contributed by atoms with Crippen LogP contribution in [0, 0.1) is 0 Å². The Kier molecular flexibility index (Phi) is 5.86. The van der Waals surface area contributed by atoms with Crippen molar-refractivity contribution in [2.24, 2.45) is 0 Å². The van der Waals surface area contributed by atoms with Crippen LogP contribution in [0.4, 0.5) is 0 Å². The molecule has 0 aliphatic rings. The zero-order chi connectivity index (χ0) is 18.4. The molecule has 0 saturated heterocycles. The highest BCUT2D eigenvalue weighted by Crippen LogP contribution is 2.20. The van der Waals surface area contributed by atoms with Crippen LogP contribution < -0.4 is 5.56 Å². The molecule has 2 aromatic carbocycles. The molecule has 6 heteroatoms. The standard InChI is InChI=1S/C20H18N2O3S/c1-26-17-9-7-16(8-10-17)18-11-12-19(23)22(21-18)13-20(24)25-14-15-5-3-2-4-6-15/h2-12H,13-14H2,1H3. The summed E-state index contributed by atoms with van der Waals surface area (Å²) >= 11 is 1.65. The van der Waals surface area contributed by atoms with Crippen molar-refractivity contribution >= 4 is 17.7 Å². The van der Waals surface area contributed by atoms with Crippen molar-refractivity contribution in [2.45, 2.75) is 18.0 Å². The molecule has 0 saturated carbocycles. The van der Waals surface area contributed by atoms with Gasteiger partial charge in [0.25, 0.3) is 5.56 Å². The molecule has 0 aliphatic heterocycles. The van der Waals surface area contributed by atoms with Crippen molar-refractivity contribution in [3.05, 3.63) is 82.6 Å². The molecule has 0 N–H and O–H groups in total. The zero-order valence-electron chi connectivity index (χ0n) is 14.3. The number of rotatable bonds is 6. The van der Waals surface area contributed by atoms with Crippen LogP contribution in [0.1, 0.15) is 5.56 Å². The Morgan fingerprint density at radius 3 is 2.46 bits per heavy atom. The zero-order valence-corrected chi connectivity index (χ0v) is 15.1. The first kappa shape index (κ1) is 17.9. The maximum Gasteiger partial charge on any atom is 0.328 e. The lowest BCUT2D eigenvalue weighted by molar-refractivity contribution is -0.146. The van der Waals surface area contributed by atoms with Crippen LogP contribution in [-0.2, 0) is 22.7 Å². The quantitative estimate of drug-likeness (QED) is 0.494. The summed E-state index contributed by atoms with van der Waals surface area (Å²) in [6.07, 6.45) is 2.01. The fraction of sp³-hybridized carbons (Fsp3) is 0.150. The summed E-state index contributed by atoms with van der Waals surface area (Å²) in [7, 11) is 0. The van der Waals surface area contributed by atoms with Crippen LogP contribution in [0.15, 0.2) is 76.4 Å². The Labute approximate surface area is 155 Å². The van der Waals surface area contributed by atoms with E-state index in [4.69, 9.17) is 4.74 Å². The minimum Gasteiger partial charge on any atom is -0.459 e. The topological polar surface area (TPSA) is 61.2 Å². The maximum absolute atomic E-state index is 12.0. The summed E-state index contributed by atoms with van der Waals surface area (Å²) in [4.78, 5) is 25.2. The van der Waals surface area contributed by atoms with E-state index in [2.05, 4.69) is 5.10 Å². The van der Waals surface area contributed by atoms with Crippen molar-refractivity contribution in [3.8, 4) is 11.3 Å². The summed E-state index contributed by atoms with van der Waals surface area (Å²) in [6.45, 7) is -0.0489. The van der Waals surface area contributed by atoms with Gasteiger partial charge in [0, 0.05) is 16.5 Å². The minimum absolute atomic E-state index is 0.171. The van der Waals surface area contributed by atoms with Gasteiger partial charge in [-0.15, -0.1) is 11.8 Å². The molecule has 132 valence electrons. The van der Waals surface area contributed by atoms with Crippen molar-refractivity contribution in [1.29, 1.82) is 0 Å². The van der Waals surface area contributed by atoms with Gasteiger partial charge in [-0.3, -0.25) is 9.59 Å². The molecule has 0 fully saturated rings. The molecule has 1 heterocycles. The van der Waals surface area contributed by atoms with E-state index in [0.717, 1.165) is 20.7 Å². The van der Waals surface area contributed by atoms with Crippen molar-refractivity contribution in [2.75, 3.05) is 6.26 Å². The highest BCUT2D eigenvalue weighted by atomic mass is 32.2. The fourth-order valence-corrected chi connectivity index (χ4v) is 2.79. The Morgan fingerprint density at radius 2 is 1.77 bits per heavy atom. The first-order valence-corrected chi connectivity index (χ1v) is 9.30. The van der Waals surface area contributed by atoms with Crippen molar-refractivity contribution in [3.63, 3.8) is 0 Å². The SMILES string of the molecule is CSc1ccc(-c2ccc(=O)n(CC(=O)OCc3ccccc3)n2)cc1. The molecule has 0 unspecified atom stereocenters. The van der Waals surface area contributed by atoms with Crippen molar-refractivity contribution < 1.29 is 9.53 Å². The number of esters is 1.